The molecule has 21 heavy (non-hydrogen) atoms. The van der Waals surface area contributed by atoms with E-state index in [9.17, 15) is 9.18 Å². The van der Waals surface area contributed by atoms with Crippen molar-refractivity contribution >= 4 is 5.91 Å². The Labute approximate surface area is 131 Å². The van der Waals surface area contributed by atoms with Gasteiger partial charge in [0, 0.05) is 29.8 Å². The van der Waals surface area contributed by atoms with Crippen molar-refractivity contribution in [3.63, 3.8) is 0 Å². The molecule has 3 N–H and O–H groups in total. The predicted molar refractivity (Wildman–Crippen MR) is 87.5 cm³/mol. The standard InChI is InChI=1S/C14H30FN3O3.3H2/c1-12(2)14(19)18-10-13(15)11-21-9-6-17-5-8-20-7-4-16-3;;;/h12-13,16-17H,4-11H2,1-3H3,(H,18,19);3*1H. The molecular formula is C14H36FN3O3. The lowest BCUT2D eigenvalue weighted by Crippen LogP contribution is -2.35. The summed E-state index contributed by atoms with van der Waals surface area (Å²) in [5.74, 6) is -0.268. The van der Waals surface area contributed by atoms with Gasteiger partial charge in [-0.15, -0.1) is 0 Å². The van der Waals surface area contributed by atoms with Gasteiger partial charge in [0.1, 0.15) is 6.17 Å². The lowest BCUT2D eigenvalue weighted by atomic mass is 10.2. The molecule has 0 spiro atoms. The van der Waals surface area contributed by atoms with E-state index >= 15 is 0 Å². The Hall–Kier alpha value is -0.760. The minimum Gasteiger partial charge on any atom is -0.379 e. The predicted octanol–water partition coefficient (Wildman–Crippen LogP) is 0.677. The fraction of sp³-hybridized carbons (Fsp3) is 0.929. The van der Waals surface area contributed by atoms with Crippen LogP contribution in [-0.4, -0.2) is 71.7 Å². The first kappa shape index (κ1) is 20.2. The van der Waals surface area contributed by atoms with E-state index in [0.29, 0.717) is 26.4 Å². The zero-order valence-corrected chi connectivity index (χ0v) is 13.4. The summed E-state index contributed by atoms with van der Waals surface area (Å²) in [6, 6.07) is 0. The van der Waals surface area contributed by atoms with Crippen LogP contribution in [0.2, 0.25) is 0 Å². The normalized spacial score (nSPS) is 12.6. The minimum atomic E-state index is -1.17. The smallest absolute Gasteiger partial charge is 0.222 e. The highest BCUT2D eigenvalue weighted by Gasteiger charge is 2.11. The van der Waals surface area contributed by atoms with Gasteiger partial charge in [0.2, 0.25) is 5.91 Å². The van der Waals surface area contributed by atoms with E-state index in [0.717, 1.165) is 13.1 Å². The second-order valence-electron chi connectivity index (χ2n) is 5.04. The van der Waals surface area contributed by atoms with E-state index in [-0.39, 0.29) is 29.3 Å². The highest BCUT2D eigenvalue weighted by Crippen LogP contribution is 1.94. The van der Waals surface area contributed by atoms with E-state index in [1.807, 2.05) is 7.05 Å². The van der Waals surface area contributed by atoms with Gasteiger partial charge >= 0.3 is 0 Å². The molecule has 1 unspecified atom stereocenters. The average molecular weight is 313 g/mol. The number of likely N-dealkylation sites (N-methyl/N-ethyl adjacent to an activating group) is 1. The maximum absolute atomic E-state index is 13.4. The van der Waals surface area contributed by atoms with Crippen LogP contribution in [0, 0.1) is 5.92 Å². The van der Waals surface area contributed by atoms with Gasteiger partial charge in [-0.05, 0) is 7.05 Å². The molecule has 6 nitrogen and oxygen atoms in total. The van der Waals surface area contributed by atoms with Gasteiger partial charge in [-0.25, -0.2) is 4.39 Å². The minimum absolute atomic E-state index is 0. The fourth-order valence-electron chi connectivity index (χ4n) is 1.38. The Bertz CT molecular complexity index is 269. The molecule has 0 aromatic heterocycles. The van der Waals surface area contributed by atoms with Crippen molar-refractivity contribution in [3.8, 4) is 0 Å². The Morgan fingerprint density at radius 2 is 1.76 bits per heavy atom. The van der Waals surface area contributed by atoms with Crippen LogP contribution in [0.3, 0.4) is 0 Å². The van der Waals surface area contributed by atoms with Gasteiger partial charge in [0.15, 0.2) is 0 Å². The highest BCUT2D eigenvalue weighted by molar-refractivity contribution is 5.77. The van der Waals surface area contributed by atoms with E-state index in [4.69, 9.17) is 9.47 Å². The lowest BCUT2D eigenvalue weighted by Gasteiger charge is -2.12. The van der Waals surface area contributed by atoms with E-state index in [1.54, 1.807) is 13.8 Å². The summed E-state index contributed by atoms with van der Waals surface area (Å²) >= 11 is 0. The first-order valence-electron chi connectivity index (χ1n) is 7.50. The third-order valence-electron chi connectivity index (χ3n) is 2.66. The summed E-state index contributed by atoms with van der Waals surface area (Å²) in [7, 11) is 1.88. The van der Waals surface area contributed by atoms with E-state index in [1.165, 1.54) is 0 Å². The van der Waals surface area contributed by atoms with Crippen LogP contribution in [0.1, 0.15) is 18.1 Å². The van der Waals surface area contributed by atoms with Gasteiger partial charge in [-0.3, -0.25) is 4.79 Å². The number of hydrogen-bond acceptors (Lipinski definition) is 5. The molecule has 0 bridgehead atoms. The molecular weight excluding hydrogens is 277 g/mol. The number of carbonyl (C=O) groups excluding carboxylic acids is 1. The van der Waals surface area contributed by atoms with Crippen LogP contribution in [0.25, 0.3) is 0 Å². The molecule has 0 aliphatic carbocycles. The molecule has 7 heteroatoms. The summed E-state index contributed by atoms with van der Waals surface area (Å²) in [4.78, 5) is 11.2. The Morgan fingerprint density at radius 1 is 1.14 bits per heavy atom. The molecule has 0 radical (unpaired) electrons. The monoisotopic (exact) mass is 313 g/mol. The fourth-order valence-corrected chi connectivity index (χ4v) is 1.38. The number of hydrogen-bond donors (Lipinski definition) is 3. The maximum atomic E-state index is 13.4. The SMILES string of the molecule is CNCCOCCNCCOCC(F)CNC(=O)C(C)C.[HH].[HH].[HH]. The second kappa shape index (κ2) is 14.2. The number of carbonyl (C=O) groups is 1. The first-order valence-corrected chi connectivity index (χ1v) is 7.50. The number of nitrogens with one attached hydrogen (secondary N) is 3. The molecule has 0 saturated carbocycles. The van der Waals surface area contributed by atoms with Crippen LogP contribution < -0.4 is 16.0 Å². The van der Waals surface area contributed by atoms with Gasteiger partial charge in [0.25, 0.3) is 0 Å². The van der Waals surface area contributed by atoms with Crippen LogP contribution in [0.5, 0.6) is 0 Å². The molecule has 0 fully saturated rings. The molecule has 132 valence electrons. The van der Waals surface area contributed by atoms with Crippen molar-refractivity contribution in [2.75, 3.05) is 59.7 Å². The van der Waals surface area contributed by atoms with Gasteiger partial charge < -0.3 is 25.4 Å². The largest absolute Gasteiger partial charge is 0.379 e. The van der Waals surface area contributed by atoms with Crippen LogP contribution in [0.15, 0.2) is 0 Å². The zero-order valence-electron chi connectivity index (χ0n) is 13.4. The summed E-state index contributed by atoms with van der Waals surface area (Å²) in [6.45, 7) is 7.57. The number of alkyl halides is 1. The first-order chi connectivity index (χ1) is 10.1. The topological polar surface area (TPSA) is 71.6 Å². The molecule has 0 aromatic rings. The molecule has 0 heterocycles. The van der Waals surface area contributed by atoms with Crippen molar-refractivity contribution < 1.29 is 22.9 Å². The van der Waals surface area contributed by atoms with Gasteiger partial charge in [-0.2, -0.15) is 0 Å². The molecule has 0 aliphatic rings. The third-order valence-corrected chi connectivity index (χ3v) is 2.66. The van der Waals surface area contributed by atoms with Crippen LogP contribution in [0.4, 0.5) is 4.39 Å². The van der Waals surface area contributed by atoms with E-state index in [2.05, 4.69) is 16.0 Å². The van der Waals surface area contributed by atoms with Crippen molar-refractivity contribution in [1.29, 1.82) is 0 Å². The number of rotatable bonds is 14. The Morgan fingerprint density at radius 3 is 2.38 bits per heavy atom. The van der Waals surface area contributed by atoms with Crippen LogP contribution in [-0.2, 0) is 14.3 Å². The molecule has 0 aromatic carbocycles. The van der Waals surface area contributed by atoms with E-state index < -0.39 is 6.17 Å². The quantitative estimate of drug-likeness (QED) is 0.411. The highest BCUT2D eigenvalue weighted by atomic mass is 19.1. The number of halogens is 1. The van der Waals surface area contributed by atoms with Crippen molar-refractivity contribution in [3.05, 3.63) is 0 Å². The van der Waals surface area contributed by atoms with Crippen molar-refractivity contribution in [2.45, 2.75) is 20.0 Å². The summed E-state index contributed by atoms with van der Waals surface area (Å²) in [5.41, 5.74) is 0. The Balaban J connectivity index is -0.000000667. The summed E-state index contributed by atoms with van der Waals surface area (Å²) in [6.07, 6.45) is -1.17. The molecule has 1 amide bonds. The lowest BCUT2D eigenvalue weighted by molar-refractivity contribution is -0.124. The van der Waals surface area contributed by atoms with Crippen molar-refractivity contribution in [1.82, 2.24) is 16.0 Å². The Kier molecular flexibility index (Phi) is 13.7. The molecule has 0 saturated heterocycles. The van der Waals surface area contributed by atoms with Crippen molar-refractivity contribution in [2.24, 2.45) is 5.92 Å². The second-order valence-corrected chi connectivity index (χ2v) is 5.04. The van der Waals surface area contributed by atoms with Gasteiger partial charge in [0.05, 0.1) is 33.0 Å². The number of ether oxygens (including phenoxy) is 2. The molecule has 0 rings (SSSR count). The average Bonchev–Trinajstić information content (AvgIpc) is 2.46. The van der Waals surface area contributed by atoms with Gasteiger partial charge in [-0.1, -0.05) is 13.8 Å². The maximum Gasteiger partial charge on any atom is 0.222 e. The third kappa shape index (κ3) is 14.0. The zero-order chi connectivity index (χ0) is 15.9. The molecule has 0 aliphatic heterocycles. The number of amides is 1. The molecule has 1 atom stereocenters. The summed E-state index contributed by atoms with van der Waals surface area (Å²) in [5, 5.41) is 8.67. The van der Waals surface area contributed by atoms with Crippen LogP contribution >= 0.6 is 0 Å². The summed E-state index contributed by atoms with van der Waals surface area (Å²) < 4.78 is 23.9.